The molecule has 40 heavy (non-hydrogen) atoms. The van der Waals surface area contributed by atoms with Crippen molar-refractivity contribution in [3.8, 4) is 39.9 Å². The Balaban J connectivity index is 1.39. The van der Waals surface area contributed by atoms with Crippen molar-refractivity contribution in [2.75, 3.05) is 61.7 Å². The van der Waals surface area contributed by atoms with Gasteiger partial charge in [-0.1, -0.05) is 24.3 Å². The summed E-state index contributed by atoms with van der Waals surface area (Å²) in [7, 11) is 7.75. The molecule has 4 rings (SSSR count). The van der Waals surface area contributed by atoms with Crippen LogP contribution in [0.1, 0.15) is 15.9 Å². The average Bonchev–Trinajstić information content (AvgIpc) is 3.02. The Hall–Kier alpha value is -4.66. The molecular weight excluding hydrogens is 512 g/mol. The SMILES string of the molecule is COc1ccc(-c2cccc(C=CC(=O)N3CCN(C(=O)c4cc(OC)c(OC)c(OC)c4)CC3)c2)cc1OC. The van der Waals surface area contributed by atoms with E-state index in [1.54, 1.807) is 48.3 Å². The van der Waals surface area contributed by atoms with Gasteiger partial charge in [0.25, 0.3) is 5.91 Å². The Morgan fingerprint density at radius 3 is 1.85 bits per heavy atom. The van der Waals surface area contributed by atoms with E-state index in [-0.39, 0.29) is 11.8 Å². The van der Waals surface area contributed by atoms with Gasteiger partial charge in [0.2, 0.25) is 11.7 Å². The number of ether oxygens (including phenoxy) is 5. The second kappa shape index (κ2) is 12.9. The number of nitrogens with zero attached hydrogens (tertiary/aromatic N) is 2. The first-order valence-corrected chi connectivity index (χ1v) is 12.8. The van der Waals surface area contributed by atoms with Crippen molar-refractivity contribution in [1.82, 2.24) is 9.80 Å². The van der Waals surface area contributed by atoms with Crippen molar-refractivity contribution >= 4 is 17.9 Å². The number of benzene rings is 3. The zero-order valence-corrected chi connectivity index (χ0v) is 23.4. The molecule has 0 aromatic heterocycles. The largest absolute Gasteiger partial charge is 0.493 e. The van der Waals surface area contributed by atoms with Gasteiger partial charge in [-0.15, -0.1) is 0 Å². The van der Waals surface area contributed by atoms with Crippen LogP contribution in [0.3, 0.4) is 0 Å². The van der Waals surface area contributed by atoms with E-state index in [1.807, 2.05) is 42.5 Å². The van der Waals surface area contributed by atoms with E-state index in [2.05, 4.69) is 0 Å². The Kier molecular flexibility index (Phi) is 9.16. The summed E-state index contributed by atoms with van der Waals surface area (Å²) in [5, 5.41) is 0. The summed E-state index contributed by atoms with van der Waals surface area (Å²) in [6, 6.07) is 16.9. The first-order valence-electron chi connectivity index (χ1n) is 12.8. The molecule has 0 spiro atoms. The first kappa shape index (κ1) is 28.4. The fourth-order valence-corrected chi connectivity index (χ4v) is 4.63. The van der Waals surface area contributed by atoms with Crippen LogP contribution < -0.4 is 23.7 Å². The van der Waals surface area contributed by atoms with Crippen LogP contribution in [0.4, 0.5) is 0 Å². The molecule has 0 atom stereocenters. The molecule has 3 aromatic carbocycles. The van der Waals surface area contributed by atoms with E-state index >= 15 is 0 Å². The molecular formula is C31H34N2O7. The summed E-state index contributed by atoms with van der Waals surface area (Å²) >= 11 is 0. The van der Waals surface area contributed by atoms with Gasteiger partial charge < -0.3 is 33.5 Å². The molecule has 1 fully saturated rings. The number of hydrogen-bond acceptors (Lipinski definition) is 7. The molecule has 2 amide bonds. The van der Waals surface area contributed by atoms with E-state index in [9.17, 15) is 9.59 Å². The molecule has 0 aliphatic carbocycles. The van der Waals surface area contributed by atoms with E-state index < -0.39 is 0 Å². The predicted octanol–water partition coefficient (Wildman–Crippen LogP) is 4.39. The molecule has 9 nitrogen and oxygen atoms in total. The summed E-state index contributed by atoms with van der Waals surface area (Å²) < 4.78 is 26.8. The van der Waals surface area contributed by atoms with Crippen molar-refractivity contribution in [2.45, 2.75) is 0 Å². The van der Waals surface area contributed by atoms with Gasteiger partial charge in [0.15, 0.2) is 23.0 Å². The number of carbonyl (C=O) groups is 2. The molecule has 0 N–H and O–H groups in total. The van der Waals surface area contributed by atoms with Crippen molar-refractivity contribution in [1.29, 1.82) is 0 Å². The van der Waals surface area contributed by atoms with Gasteiger partial charge in [0, 0.05) is 37.8 Å². The van der Waals surface area contributed by atoms with Gasteiger partial charge in [0.05, 0.1) is 35.5 Å². The lowest BCUT2D eigenvalue weighted by Gasteiger charge is -2.34. The maximum Gasteiger partial charge on any atom is 0.254 e. The molecule has 1 aliphatic heterocycles. The third-order valence-electron chi connectivity index (χ3n) is 6.81. The lowest BCUT2D eigenvalue weighted by Crippen LogP contribution is -2.50. The van der Waals surface area contributed by atoms with Gasteiger partial charge in [-0.25, -0.2) is 0 Å². The van der Waals surface area contributed by atoms with Crippen LogP contribution in [-0.4, -0.2) is 83.3 Å². The van der Waals surface area contributed by atoms with Gasteiger partial charge >= 0.3 is 0 Å². The number of methoxy groups -OCH3 is 5. The standard InChI is InChI=1S/C31H34N2O7/c1-36-25-11-10-23(18-26(25)37-2)22-8-6-7-21(17-22)9-12-29(34)32-13-15-33(16-14-32)31(35)24-19-27(38-3)30(40-5)28(20-24)39-4/h6-12,17-20H,13-16H2,1-5H3. The normalized spacial score (nSPS) is 13.2. The van der Waals surface area contributed by atoms with Gasteiger partial charge in [-0.05, 0) is 53.1 Å². The van der Waals surface area contributed by atoms with E-state index in [0.717, 1.165) is 16.7 Å². The van der Waals surface area contributed by atoms with Crippen molar-refractivity contribution in [3.63, 3.8) is 0 Å². The number of piperazine rings is 1. The fraction of sp³-hybridized carbons (Fsp3) is 0.290. The topological polar surface area (TPSA) is 86.8 Å². The molecule has 1 heterocycles. The highest BCUT2D eigenvalue weighted by molar-refractivity contribution is 5.96. The summed E-state index contributed by atoms with van der Waals surface area (Å²) in [5.74, 6) is 2.32. The highest BCUT2D eigenvalue weighted by Gasteiger charge is 2.26. The summed E-state index contributed by atoms with van der Waals surface area (Å²) in [5.41, 5.74) is 3.31. The van der Waals surface area contributed by atoms with Crippen LogP contribution in [0.2, 0.25) is 0 Å². The molecule has 0 bridgehead atoms. The second-order valence-electron chi connectivity index (χ2n) is 9.06. The Bertz CT molecular complexity index is 1370. The molecule has 0 radical (unpaired) electrons. The molecule has 3 aromatic rings. The lowest BCUT2D eigenvalue weighted by molar-refractivity contribution is -0.127. The number of carbonyl (C=O) groups excluding carboxylic acids is 2. The van der Waals surface area contributed by atoms with Crippen LogP contribution in [0.5, 0.6) is 28.7 Å². The number of hydrogen-bond donors (Lipinski definition) is 0. The van der Waals surface area contributed by atoms with Crippen molar-refractivity contribution in [2.24, 2.45) is 0 Å². The molecule has 210 valence electrons. The molecule has 0 unspecified atom stereocenters. The van der Waals surface area contributed by atoms with Gasteiger partial charge in [-0.3, -0.25) is 9.59 Å². The molecule has 9 heteroatoms. The fourth-order valence-electron chi connectivity index (χ4n) is 4.63. The highest BCUT2D eigenvalue weighted by atomic mass is 16.5. The van der Waals surface area contributed by atoms with E-state index in [0.29, 0.717) is 60.5 Å². The maximum absolute atomic E-state index is 13.2. The lowest BCUT2D eigenvalue weighted by atomic mass is 10.0. The van der Waals surface area contributed by atoms with Crippen LogP contribution in [0, 0.1) is 0 Å². The minimum Gasteiger partial charge on any atom is -0.493 e. The van der Waals surface area contributed by atoms with Crippen LogP contribution in [0.15, 0.2) is 60.7 Å². The Morgan fingerprint density at radius 2 is 1.25 bits per heavy atom. The van der Waals surface area contributed by atoms with Crippen LogP contribution in [0.25, 0.3) is 17.2 Å². The van der Waals surface area contributed by atoms with Gasteiger partial charge in [0.1, 0.15) is 0 Å². The predicted molar refractivity (Wildman–Crippen MR) is 153 cm³/mol. The third-order valence-corrected chi connectivity index (χ3v) is 6.81. The number of amides is 2. The quantitative estimate of drug-likeness (QED) is 0.368. The third kappa shape index (κ3) is 6.14. The zero-order valence-electron chi connectivity index (χ0n) is 23.4. The van der Waals surface area contributed by atoms with Gasteiger partial charge in [-0.2, -0.15) is 0 Å². The second-order valence-corrected chi connectivity index (χ2v) is 9.06. The number of rotatable bonds is 9. The van der Waals surface area contributed by atoms with Crippen LogP contribution >= 0.6 is 0 Å². The smallest absolute Gasteiger partial charge is 0.254 e. The minimum absolute atomic E-state index is 0.101. The van der Waals surface area contributed by atoms with E-state index in [4.69, 9.17) is 23.7 Å². The summed E-state index contributed by atoms with van der Waals surface area (Å²) in [6.07, 6.45) is 3.38. The summed E-state index contributed by atoms with van der Waals surface area (Å²) in [4.78, 5) is 29.6. The Labute approximate surface area is 234 Å². The first-order chi connectivity index (χ1) is 19.4. The Morgan fingerprint density at radius 1 is 0.650 bits per heavy atom. The zero-order chi connectivity index (χ0) is 28.6. The summed E-state index contributed by atoms with van der Waals surface area (Å²) in [6.45, 7) is 1.71. The molecule has 1 saturated heterocycles. The maximum atomic E-state index is 13.2. The minimum atomic E-state index is -0.158. The highest BCUT2D eigenvalue weighted by Crippen LogP contribution is 2.38. The van der Waals surface area contributed by atoms with Crippen molar-refractivity contribution < 1.29 is 33.3 Å². The molecule has 0 saturated carbocycles. The average molecular weight is 547 g/mol. The molecule has 1 aliphatic rings. The van der Waals surface area contributed by atoms with Crippen molar-refractivity contribution in [3.05, 3.63) is 71.8 Å². The van der Waals surface area contributed by atoms with E-state index in [1.165, 1.54) is 21.3 Å². The monoisotopic (exact) mass is 546 g/mol. The van der Waals surface area contributed by atoms with Crippen LogP contribution in [-0.2, 0) is 4.79 Å².